The van der Waals surface area contributed by atoms with Gasteiger partial charge in [0.05, 0.1) is 0 Å². The molecule has 1 heterocycles. The summed E-state index contributed by atoms with van der Waals surface area (Å²) in [4.78, 5) is 6.57. The van der Waals surface area contributed by atoms with Crippen LogP contribution in [-0.2, 0) is 0 Å². The van der Waals surface area contributed by atoms with Crippen molar-refractivity contribution < 1.29 is 5.11 Å². The minimum Gasteiger partial charge on any atom is -0.396 e. The largest absolute Gasteiger partial charge is 0.396 e. The van der Waals surface area contributed by atoms with Crippen LogP contribution in [0.4, 0.5) is 5.82 Å². The maximum Gasteiger partial charge on any atom is 0.129 e. The lowest BCUT2D eigenvalue weighted by atomic mass is 10.1. The van der Waals surface area contributed by atoms with Crippen molar-refractivity contribution in [2.24, 2.45) is 5.73 Å². The van der Waals surface area contributed by atoms with Crippen molar-refractivity contribution in [1.29, 1.82) is 0 Å². The van der Waals surface area contributed by atoms with E-state index >= 15 is 0 Å². The number of rotatable bonds is 6. The molecule has 3 N–H and O–H groups in total. The maximum atomic E-state index is 8.92. The van der Waals surface area contributed by atoms with Gasteiger partial charge in [0.15, 0.2) is 0 Å². The van der Waals surface area contributed by atoms with Gasteiger partial charge < -0.3 is 15.7 Å². The molecule has 0 bridgehead atoms. The Hall–Kier alpha value is -1.13. The predicted molar refractivity (Wildman–Crippen MR) is 71.0 cm³/mol. The van der Waals surface area contributed by atoms with Crippen molar-refractivity contribution in [3.63, 3.8) is 0 Å². The quantitative estimate of drug-likeness (QED) is 0.790. The van der Waals surface area contributed by atoms with Gasteiger partial charge >= 0.3 is 0 Å². The van der Waals surface area contributed by atoms with Crippen LogP contribution >= 0.6 is 0 Å². The lowest BCUT2D eigenvalue weighted by Gasteiger charge is -2.28. The van der Waals surface area contributed by atoms with Crippen LogP contribution in [0.5, 0.6) is 0 Å². The Labute approximate surface area is 103 Å². The molecule has 1 aromatic rings. The number of aliphatic hydroxyl groups is 1. The molecule has 0 aliphatic rings. The first kappa shape index (κ1) is 13.9. The van der Waals surface area contributed by atoms with Crippen molar-refractivity contribution in [1.82, 2.24) is 4.98 Å². The van der Waals surface area contributed by atoms with E-state index in [1.165, 1.54) is 0 Å². The molecule has 0 amide bonds. The summed E-state index contributed by atoms with van der Waals surface area (Å²) in [6.45, 7) is 7.22. The van der Waals surface area contributed by atoms with Gasteiger partial charge in [-0.25, -0.2) is 4.98 Å². The number of hydrogen-bond donors (Lipinski definition) is 2. The first-order valence-corrected chi connectivity index (χ1v) is 6.15. The average Bonchev–Trinajstić information content (AvgIpc) is 2.29. The van der Waals surface area contributed by atoms with Crippen LogP contribution < -0.4 is 10.6 Å². The molecule has 17 heavy (non-hydrogen) atoms. The van der Waals surface area contributed by atoms with Gasteiger partial charge in [0.1, 0.15) is 5.82 Å². The monoisotopic (exact) mass is 237 g/mol. The summed E-state index contributed by atoms with van der Waals surface area (Å²) in [6.07, 6.45) is 2.55. The van der Waals surface area contributed by atoms with E-state index < -0.39 is 0 Å². The smallest absolute Gasteiger partial charge is 0.129 e. The van der Waals surface area contributed by atoms with E-state index in [1.54, 1.807) is 6.20 Å². The van der Waals surface area contributed by atoms with E-state index in [-0.39, 0.29) is 12.6 Å². The van der Waals surface area contributed by atoms with Crippen molar-refractivity contribution in [2.45, 2.75) is 39.3 Å². The van der Waals surface area contributed by atoms with Crippen LogP contribution in [0.1, 0.15) is 38.8 Å². The number of aliphatic hydroxyl groups excluding tert-OH is 1. The Balaban J connectivity index is 2.89. The highest BCUT2D eigenvalue weighted by molar-refractivity contribution is 5.42. The van der Waals surface area contributed by atoms with Gasteiger partial charge in [-0.15, -0.1) is 0 Å². The standard InChI is InChI=1S/C13H23N3O/c1-10(2)16(7-4-8-17)13-9-12(11(3)14)5-6-15-13/h5-6,9-11,17H,4,7-8,14H2,1-3H3/t11-/m0/s1. The predicted octanol–water partition coefficient (Wildman–Crippen LogP) is 1.70. The summed E-state index contributed by atoms with van der Waals surface area (Å²) in [5.74, 6) is 0.934. The summed E-state index contributed by atoms with van der Waals surface area (Å²) in [5, 5.41) is 8.92. The third-order valence-electron chi connectivity index (χ3n) is 2.77. The van der Waals surface area contributed by atoms with Crippen LogP contribution in [0.15, 0.2) is 18.3 Å². The topological polar surface area (TPSA) is 62.4 Å². The molecule has 0 aliphatic carbocycles. The zero-order valence-electron chi connectivity index (χ0n) is 10.9. The van der Waals surface area contributed by atoms with Gasteiger partial charge in [0, 0.05) is 31.4 Å². The van der Waals surface area contributed by atoms with Crippen molar-refractivity contribution >= 4 is 5.82 Å². The van der Waals surface area contributed by atoms with E-state index in [0.29, 0.717) is 6.04 Å². The molecule has 96 valence electrons. The van der Waals surface area contributed by atoms with Gasteiger partial charge in [-0.1, -0.05) is 0 Å². The molecule has 0 radical (unpaired) electrons. The zero-order valence-corrected chi connectivity index (χ0v) is 10.9. The lowest BCUT2D eigenvalue weighted by molar-refractivity contribution is 0.288. The molecule has 1 atom stereocenters. The molecule has 4 nitrogen and oxygen atoms in total. The fourth-order valence-corrected chi connectivity index (χ4v) is 1.75. The number of aromatic nitrogens is 1. The summed E-state index contributed by atoms with van der Waals surface area (Å²) in [6, 6.07) is 4.35. The molecule has 0 saturated carbocycles. The van der Waals surface area contributed by atoms with Gasteiger partial charge in [-0.05, 0) is 44.9 Å². The first-order valence-electron chi connectivity index (χ1n) is 6.15. The minimum absolute atomic E-state index is 0.0172. The number of nitrogens with two attached hydrogens (primary N) is 1. The molecule has 0 saturated heterocycles. The molecule has 0 unspecified atom stereocenters. The summed E-state index contributed by atoms with van der Waals surface area (Å²) in [7, 11) is 0. The highest BCUT2D eigenvalue weighted by Gasteiger charge is 2.12. The molecular formula is C13H23N3O. The summed E-state index contributed by atoms with van der Waals surface area (Å²) < 4.78 is 0. The SMILES string of the molecule is CC(C)N(CCCO)c1cc([C@H](C)N)ccn1. The second kappa shape index (κ2) is 6.57. The molecule has 0 aromatic carbocycles. The van der Waals surface area contributed by atoms with Gasteiger partial charge in [0.25, 0.3) is 0 Å². The average molecular weight is 237 g/mol. The van der Waals surface area contributed by atoms with Crippen molar-refractivity contribution in [2.75, 3.05) is 18.1 Å². The maximum absolute atomic E-state index is 8.92. The van der Waals surface area contributed by atoms with Gasteiger partial charge in [-0.3, -0.25) is 0 Å². The second-order valence-corrected chi connectivity index (χ2v) is 4.60. The normalized spacial score (nSPS) is 12.8. The molecular weight excluding hydrogens is 214 g/mol. The van der Waals surface area contributed by atoms with E-state index in [0.717, 1.165) is 24.3 Å². The Bertz CT molecular complexity index is 339. The third kappa shape index (κ3) is 3.98. The zero-order chi connectivity index (χ0) is 12.8. The molecule has 0 spiro atoms. The van der Waals surface area contributed by atoms with Crippen LogP contribution in [0, 0.1) is 0 Å². The fraction of sp³-hybridized carbons (Fsp3) is 0.615. The number of hydrogen-bond acceptors (Lipinski definition) is 4. The van der Waals surface area contributed by atoms with Crippen molar-refractivity contribution in [3.8, 4) is 0 Å². The van der Waals surface area contributed by atoms with Crippen LogP contribution in [-0.4, -0.2) is 29.3 Å². The van der Waals surface area contributed by atoms with Crippen LogP contribution in [0.25, 0.3) is 0 Å². The summed E-state index contributed by atoms with van der Waals surface area (Å²) >= 11 is 0. The second-order valence-electron chi connectivity index (χ2n) is 4.60. The first-order chi connectivity index (χ1) is 8.06. The van der Waals surface area contributed by atoms with Gasteiger partial charge in [-0.2, -0.15) is 0 Å². The number of pyridine rings is 1. The number of nitrogens with zero attached hydrogens (tertiary/aromatic N) is 2. The van der Waals surface area contributed by atoms with Crippen LogP contribution in [0.3, 0.4) is 0 Å². The molecule has 1 aromatic heterocycles. The Morgan fingerprint density at radius 3 is 2.65 bits per heavy atom. The minimum atomic E-state index is 0.0172. The molecule has 0 fully saturated rings. The highest BCUT2D eigenvalue weighted by atomic mass is 16.3. The van der Waals surface area contributed by atoms with E-state index in [4.69, 9.17) is 10.8 Å². The Morgan fingerprint density at radius 1 is 1.41 bits per heavy atom. The van der Waals surface area contributed by atoms with Crippen LogP contribution in [0.2, 0.25) is 0 Å². The molecule has 1 rings (SSSR count). The van der Waals surface area contributed by atoms with Crippen molar-refractivity contribution in [3.05, 3.63) is 23.9 Å². The highest BCUT2D eigenvalue weighted by Crippen LogP contribution is 2.18. The molecule has 0 aliphatic heterocycles. The lowest BCUT2D eigenvalue weighted by Crippen LogP contribution is -2.33. The fourth-order valence-electron chi connectivity index (χ4n) is 1.75. The van der Waals surface area contributed by atoms with E-state index in [1.807, 2.05) is 19.1 Å². The molecule has 4 heteroatoms. The third-order valence-corrected chi connectivity index (χ3v) is 2.77. The Kier molecular flexibility index (Phi) is 5.38. The summed E-state index contributed by atoms with van der Waals surface area (Å²) in [5.41, 5.74) is 6.96. The van der Waals surface area contributed by atoms with E-state index in [9.17, 15) is 0 Å². The van der Waals surface area contributed by atoms with E-state index in [2.05, 4.69) is 23.7 Å². The number of anilines is 1. The Morgan fingerprint density at radius 2 is 2.12 bits per heavy atom. The van der Waals surface area contributed by atoms with Gasteiger partial charge in [0.2, 0.25) is 0 Å².